The Balaban J connectivity index is 1.63. The number of rotatable bonds is 20. The third-order valence-corrected chi connectivity index (χ3v) is 11.5. The van der Waals surface area contributed by atoms with Crippen LogP contribution in [0.4, 0.5) is 0 Å². The molecule has 0 saturated carbocycles. The number of aliphatic carboxylic acids is 2. The van der Waals surface area contributed by atoms with Gasteiger partial charge in [0.2, 0.25) is 0 Å². The molecule has 0 amide bonds. The molecule has 4 saturated heterocycles. The number of aliphatic hydroxyl groups excluding tert-OH is 5. The predicted octanol–water partition coefficient (Wildman–Crippen LogP) is -9.41. The normalized spacial score (nSPS) is 41.2. The lowest BCUT2D eigenvalue weighted by Crippen LogP contribution is -2.70. The SMILES string of the molecule is CO[C@@H]1OC(COS(=O)(=O)O)[C@@H](O[C@@H]2OC(C(=O)O)[C@@H](O[C@@H]3OC(COS(=O)(=O)O)[C@@H](O[C@@H]4OC(C(=O)O)[C@@H](OC)[C@H](O)C4OS(=O)(=O)O)[C@H](O)C3N)[C@H](O)C2O)[C@H](O)C1NS(=O)(=O)O. The van der Waals surface area contributed by atoms with Gasteiger partial charge in [-0.2, -0.15) is 38.4 Å². The third kappa shape index (κ3) is 14.4. The molecule has 380 valence electrons. The number of methoxy groups -OCH3 is 2. The molecule has 0 aromatic heterocycles. The first-order chi connectivity index (χ1) is 29.8. The number of hydrogen-bond donors (Lipinski definition) is 13. The van der Waals surface area contributed by atoms with Crippen LogP contribution in [0.15, 0.2) is 0 Å². The highest BCUT2D eigenvalue weighted by Gasteiger charge is 2.58. The zero-order valence-corrected chi connectivity index (χ0v) is 35.8. The lowest BCUT2D eigenvalue weighted by Gasteiger charge is -2.49. The smallest absolute Gasteiger partial charge is 0.397 e. The molecule has 14 N–H and O–H groups in total. The molecule has 4 aliphatic rings. The number of carbonyl (C=O) groups is 2. The van der Waals surface area contributed by atoms with E-state index in [1.165, 1.54) is 4.72 Å². The molecule has 0 aromatic carbocycles. The van der Waals surface area contributed by atoms with Crippen LogP contribution in [0.25, 0.3) is 0 Å². The molecule has 0 bridgehead atoms. The van der Waals surface area contributed by atoms with Gasteiger partial charge in [0.15, 0.2) is 43.5 Å². The van der Waals surface area contributed by atoms with Crippen LogP contribution in [0.1, 0.15) is 0 Å². The van der Waals surface area contributed by atoms with E-state index in [0.717, 1.165) is 14.2 Å². The fourth-order valence-electron chi connectivity index (χ4n) is 6.80. The topological polar surface area (TPSA) is 542 Å². The third-order valence-electron chi connectivity index (χ3n) is 9.60. The van der Waals surface area contributed by atoms with E-state index in [1.54, 1.807) is 0 Å². The molecule has 0 radical (unpaired) electrons. The van der Waals surface area contributed by atoms with E-state index < -0.39 is 189 Å². The number of carboxylic acid groups (broad SMARTS) is 2. The second kappa shape index (κ2) is 21.6. The maximum Gasteiger partial charge on any atom is 0.397 e. The predicted molar refractivity (Wildman–Crippen MR) is 190 cm³/mol. The van der Waals surface area contributed by atoms with Crippen molar-refractivity contribution in [3.63, 3.8) is 0 Å². The van der Waals surface area contributed by atoms with Gasteiger partial charge in [0.1, 0.15) is 73.2 Å². The van der Waals surface area contributed by atoms with E-state index in [4.69, 9.17) is 52.9 Å². The quantitative estimate of drug-likeness (QED) is 0.0504. The number of hydrogen-bond acceptors (Lipinski definition) is 28. The van der Waals surface area contributed by atoms with Crippen molar-refractivity contribution in [2.75, 3.05) is 27.4 Å². The van der Waals surface area contributed by atoms with Crippen molar-refractivity contribution >= 4 is 53.4 Å². The van der Waals surface area contributed by atoms with Crippen LogP contribution in [0, 0.1) is 0 Å². The number of carboxylic acids is 2. The average molecular weight is 1040 g/mol. The Morgan fingerprint density at radius 3 is 1.46 bits per heavy atom. The van der Waals surface area contributed by atoms with Crippen molar-refractivity contribution in [2.45, 2.75) is 123 Å². The van der Waals surface area contributed by atoms with Crippen molar-refractivity contribution < 1.29 is 152 Å². The Bertz CT molecular complexity index is 2100. The zero-order chi connectivity index (χ0) is 49.3. The summed E-state index contributed by atoms with van der Waals surface area (Å²) in [5.41, 5.74) is 6.08. The first kappa shape index (κ1) is 55.4. The minimum atomic E-state index is -5.56. The van der Waals surface area contributed by atoms with Gasteiger partial charge in [-0.15, -0.1) is 0 Å². The summed E-state index contributed by atoms with van der Waals surface area (Å²) in [7, 11) is -19.7. The lowest BCUT2D eigenvalue weighted by molar-refractivity contribution is -0.369. The highest BCUT2D eigenvalue weighted by molar-refractivity contribution is 7.83. The number of nitrogens with two attached hydrogens (primary N) is 1. The highest BCUT2D eigenvalue weighted by Crippen LogP contribution is 2.35. The van der Waals surface area contributed by atoms with Gasteiger partial charge in [-0.05, 0) is 0 Å². The minimum Gasteiger partial charge on any atom is -0.479 e. The fourth-order valence-corrected chi connectivity index (χ4v) is 8.49. The molecule has 0 aliphatic carbocycles. The molecule has 4 aliphatic heterocycles. The van der Waals surface area contributed by atoms with E-state index in [1.807, 2.05) is 0 Å². The second-order valence-electron chi connectivity index (χ2n) is 13.9. The monoisotopic (exact) mass is 1040 g/mol. The zero-order valence-electron chi connectivity index (χ0n) is 32.6. The van der Waals surface area contributed by atoms with E-state index in [2.05, 4.69) is 12.5 Å². The van der Waals surface area contributed by atoms with Crippen molar-refractivity contribution in [1.82, 2.24) is 4.72 Å². The first-order valence-corrected chi connectivity index (χ1v) is 23.2. The summed E-state index contributed by atoms with van der Waals surface area (Å²) >= 11 is 0. The lowest BCUT2D eigenvalue weighted by atomic mass is 9.94. The minimum absolute atomic E-state index is 0.854. The Labute approximate surface area is 365 Å². The van der Waals surface area contributed by atoms with Crippen molar-refractivity contribution in [3.05, 3.63) is 0 Å². The van der Waals surface area contributed by atoms with Crippen LogP contribution in [-0.4, -0.2) is 250 Å². The summed E-state index contributed by atoms with van der Waals surface area (Å²) in [5, 5.41) is 75.2. The Morgan fingerprint density at radius 2 is 1.00 bits per heavy atom. The van der Waals surface area contributed by atoms with Gasteiger partial charge in [0.05, 0.1) is 19.3 Å². The Hall–Kier alpha value is -2.18. The largest absolute Gasteiger partial charge is 0.479 e. The molecule has 65 heavy (non-hydrogen) atoms. The van der Waals surface area contributed by atoms with Crippen LogP contribution in [-0.2, 0) is 106 Å². The van der Waals surface area contributed by atoms with Crippen LogP contribution in [0.5, 0.6) is 0 Å². The average Bonchev–Trinajstić information content (AvgIpc) is 3.16. The number of aliphatic hydroxyl groups is 5. The van der Waals surface area contributed by atoms with Gasteiger partial charge in [0.25, 0.3) is 0 Å². The molecule has 0 spiro atoms. The van der Waals surface area contributed by atoms with Gasteiger partial charge >= 0.3 is 53.4 Å². The summed E-state index contributed by atoms with van der Waals surface area (Å²) in [6.45, 7) is -2.72. The Morgan fingerprint density at radius 1 is 0.538 bits per heavy atom. The van der Waals surface area contributed by atoms with Crippen LogP contribution >= 0.6 is 0 Å². The van der Waals surface area contributed by atoms with E-state index in [-0.39, 0.29) is 0 Å². The van der Waals surface area contributed by atoms with Gasteiger partial charge in [0, 0.05) is 14.2 Å². The standard InChI is InChI=1S/C26H44N2O33S4/c1-50-16-13(33)18(61-65(47,48)49)26(60-19(16)21(34)35)57-14-5(3-52-63(41,42)43)54-23(7(27)9(14)29)58-17-11(31)12(32)25(59-20(17)22(36)37)56-15-6(4-53-64(44,45)46)55-24(51-2)8(10(15)30)28-62(38,39)40/h5-20,23-26,28-33H,3-4,27H2,1-2H3,(H,34,35)(H,36,37)(H,38,39,40)(H,41,42,43)(H,44,45,46)(H,47,48,49)/t5?,6?,7?,8?,9-,10-,11-,12?,13+,14-,15-,16+,17+,18?,19?,20?,23+,24-,25-,26-/m1/s1. The van der Waals surface area contributed by atoms with Crippen molar-refractivity contribution in [2.24, 2.45) is 5.73 Å². The second-order valence-corrected chi connectivity index (χ2v) is 18.3. The van der Waals surface area contributed by atoms with Gasteiger partial charge in [-0.1, -0.05) is 0 Å². The van der Waals surface area contributed by atoms with E-state index in [9.17, 15) is 92.7 Å². The molecule has 4 heterocycles. The molecule has 35 nitrogen and oxygen atoms in total. The van der Waals surface area contributed by atoms with Crippen LogP contribution < -0.4 is 10.5 Å². The maximum absolute atomic E-state index is 12.5. The molecule has 39 heteroatoms. The molecule has 4 rings (SSSR count). The number of nitrogens with one attached hydrogen (secondary N) is 1. The van der Waals surface area contributed by atoms with Gasteiger partial charge in [-0.3, -0.25) is 18.2 Å². The van der Waals surface area contributed by atoms with Crippen LogP contribution in [0.3, 0.4) is 0 Å². The molecular formula is C26H44N2O33S4. The first-order valence-electron chi connectivity index (χ1n) is 17.7. The number of ether oxygens (including phenoxy) is 9. The van der Waals surface area contributed by atoms with Crippen molar-refractivity contribution in [3.8, 4) is 0 Å². The summed E-state index contributed by atoms with van der Waals surface area (Å²) in [4.78, 5) is 24.5. The molecular weight excluding hydrogens is 997 g/mol. The molecule has 20 atom stereocenters. The Kier molecular flexibility index (Phi) is 18.4. The van der Waals surface area contributed by atoms with E-state index >= 15 is 0 Å². The summed E-state index contributed by atoms with van der Waals surface area (Å²) in [6.07, 6.45) is -41.5. The van der Waals surface area contributed by atoms with Gasteiger partial charge < -0.3 is 84.1 Å². The van der Waals surface area contributed by atoms with Gasteiger partial charge in [-0.25, -0.2) is 22.1 Å². The molecule has 0 aromatic rings. The summed E-state index contributed by atoms with van der Waals surface area (Å²) in [6, 6.07) is -4.15. The van der Waals surface area contributed by atoms with Crippen molar-refractivity contribution in [1.29, 1.82) is 0 Å². The highest BCUT2D eigenvalue weighted by atomic mass is 32.3. The fraction of sp³-hybridized carbons (Fsp3) is 0.923. The molecule has 8 unspecified atom stereocenters. The van der Waals surface area contributed by atoms with Crippen LogP contribution in [0.2, 0.25) is 0 Å². The molecule has 4 fully saturated rings. The summed E-state index contributed by atoms with van der Waals surface area (Å²) < 4.78 is 191. The maximum atomic E-state index is 12.5. The van der Waals surface area contributed by atoms with E-state index in [0.29, 0.717) is 0 Å². The summed E-state index contributed by atoms with van der Waals surface area (Å²) in [5.74, 6) is -3.93.